The van der Waals surface area contributed by atoms with Crippen molar-refractivity contribution in [1.82, 2.24) is 10.2 Å². The van der Waals surface area contributed by atoms with E-state index in [9.17, 15) is 10.1 Å². The number of nitro benzene ring substituents is 1. The normalized spacial score (nSPS) is 17.5. The molecule has 2 heterocycles. The molecule has 0 aliphatic carbocycles. The van der Waals surface area contributed by atoms with Gasteiger partial charge in [0.2, 0.25) is 5.13 Å². The van der Waals surface area contributed by atoms with Gasteiger partial charge < -0.3 is 10.1 Å². The maximum atomic E-state index is 11.0. The van der Waals surface area contributed by atoms with Crippen LogP contribution in [0.3, 0.4) is 0 Å². The first-order valence-corrected chi connectivity index (χ1v) is 8.46. The zero-order chi connectivity index (χ0) is 15.4. The Hall–Kier alpha value is -1.71. The summed E-state index contributed by atoms with van der Waals surface area (Å²) in [6.07, 6.45) is 2.39. The van der Waals surface area contributed by atoms with Gasteiger partial charge in [-0.25, -0.2) is 0 Å². The predicted molar refractivity (Wildman–Crippen MR) is 84.6 cm³/mol. The number of anilines is 1. The number of para-hydroxylation sites is 1. The third kappa shape index (κ3) is 3.73. The van der Waals surface area contributed by atoms with Gasteiger partial charge in [0, 0.05) is 19.2 Å². The number of nitrogens with one attached hydrogen (secondary N) is 1. The van der Waals surface area contributed by atoms with Gasteiger partial charge in [0.25, 0.3) is 5.69 Å². The molecule has 1 atom stereocenters. The Morgan fingerprint density at radius 2 is 2.32 bits per heavy atom. The highest BCUT2D eigenvalue weighted by atomic mass is 32.2. The maximum Gasteiger partial charge on any atom is 0.283 e. The van der Waals surface area contributed by atoms with E-state index in [0.29, 0.717) is 20.9 Å². The Bertz CT molecular complexity index is 658. The molecule has 0 spiro atoms. The standard InChI is InChI=1S/C13H14N4O3S2/c18-17(19)10-5-1-2-6-11(10)21-13-16-15-12(22-13)14-8-9-4-3-7-20-9/h1-2,5-6,9H,3-4,7-8H2,(H,14,15). The van der Waals surface area contributed by atoms with E-state index in [4.69, 9.17) is 4.74 Å². The summed E-state index contributed by atoms with van der Waals surface area (Å²) in [7, 11) is 0. The average molecular weight is 338 g/mol. The molecular weight excluding hydrogens is 324 g/mol. The Morgan fingerprint density at radius 3 is 3.09 bits per heavy atom. The van der Waals surface area contributed by atoms with E-state index in [2.05, 4.69) is 15.5 Å². The molecule has 1 aromatic heterocycles. The first kappa shape index (κ1) is 15.2. The minimum Gasteiger partial charge on any atom is -0.376 e. The van der Waals surface area contributed by atoms with E-state index in [0.717, 1.165) is 19.4 Å². The number of ether oxygens (including phenoxy) is 1. The third-order valence-corrected chi connectivity index (χ3v) is 5.17. The fourth-order valence-electron chi connectivity index (χ4n) is 2.12. The number of nitrogens with zero attached hydrogens (tertiary/aromatic N) is 3. The van der Waals surface area contributed by atoms with E-state index < -0.39 is 0 Å². The van der Waals surface area contributed by atoms with Gasteiger partial charge in [-0.15, -0.1) is 10.2 Å². The van der Waals surface area contributed by atoms with Gasteiger partial charge in [-0.3, -0.25) is 10.1 Å². The van der Waals surface area contributed by atoms with Crippen LogP contribution in [0.25, 0.3) is 0 Å². The number of rotatable bonds is 6. The van der Waals surface area contributed by atoms with Crippen LogP contribution in [0.4, 0.5) is 10.8 Å². The van der Waals surface area contributed by atoms with Crippen molar-refractivity contribution in [3.63, 3.8) is 0 Å². The number of aromatic nitrogens is 2. The Balaban J connectivity index is 1.63. The summed E-state index contributed by atoms with van der Waals surface area (Å²) in [6.45, 7) is 1.53. The summed E-state index contributed by atoms with van der Waals surface area (Å²) in [4.78, 5) is 11.2. The molecular formula is C13H14N4O3S2. The summed E-state index contributed by atoms with van der Waals surface area (Å²) in [5, 5.41) is 23.0. The second-order valence-electron chi connectivity index (χ2n) is 4.72. The van der Waals surface area contributed by atoms with Gasteiger partial charge in [-0.05, 0) is 30.7 Å². The molecule has 9 heteroatoms. The van der Waals surface area contributed by atoms with Crippen LogP contribution < -0.4 is 5.32 Å². The van der Waals surface area contributed by atoms with Crippen molar-refractivity contribution in [3.05, 3.63) is 34.4 Å². The zero-order valence-electron chi connectivity index (χ0n) is 11.6. The van der Waals surface area contributed by atoms with Crippen LogP contribution in [-0.4, -0.2) is 34.4 Å². The molecule has 7 nitrogen and oxygen atoms in total. The minimum atomic E-state index is -0.389. The lowest BCUT2D eigenvalue weighted by Crippen LogP contribution is -2.18. The summed E-state index contributed by atoms with van der Waals surface area (Å²) >= 11 is 2.64. The van der Waals surface area contributed by atoms with Gasteiger partial charge in [0.15, 0.2) is 4.34 Å². The molecule has 1 aromatic carbocycles. The van der Waals surface area contributed by atoms with Crippen molar-refractivity contribution in [1.29, 1.82) is 0 Å². The molecule has 1 aliphatic heterocycles. The Morgan fingerprint density at radius 1 is 1.45 bits per heavy atom. The van der Waals surface area contributed by atoms with Crippen molar-refractivity contribution in [2.45, 2.75) is 28.2 Å². The predicted octanol–water partition coefficient (Wildman–Crippen LogP) is 3.19. The lowest BCUT2D eigenvalue weighted by atomic mass is 10.2. The van der Waals surface area contributed by atoms with Crippen LogP contribution in [-0.2, 0) is 4.74 Å². The molecule has 2 aromatic rings. The van der Waals surface area contributed by atoms with Crippen molar-refractivity contribution >= 4 is 33.9 Å². The molecule has 0 saturated carbocycles. The SMILES string of the molecule is O=[N+]([O-])c1ccccc1Sc1nnc(NCC2CCCO2)s1. The topological polar surface area (TPSA) is 90.2 Å². The maximum absolute atomic E-state index is 11.0. The second kappa shape index (κ2) is 7.03. The van der Waals surface area contributed by atoms with E-state index in [1.54, 1.807) is 18.2 Å². The molecule has 1 N–H and O–H groups in total. The van der Waals surface area contributed by atoms with Crippen LogP contribution in [0.15, 0.2) is 33.5 Å². The highest BCUT2D eigenvalue weighted by Crippen LogP contribution is 2.36. The van der Waals surface area contributed by atoms with Gasteiger partial charge in [0.1, 0.15) is 0 Å². The van der Waals surface area contributed by atoms with Gasteiger partial charge >= 0.3 is 0 Å². The van der Waals surface area contributed by atoms with Gasteiger partial charge in [0.05, 0.1) is 15.9 Å². The summed E-state index contributed by atoms with van der Waals surface area (Å²) < 4.78 is 6.20. The van der Waals surface area contributed by atoms with Crippen molar-refractivity contribution in [3.8, 4) is 0 Å². The molecule has 1 saturated heterocycles. The number of benzene rings is 1. The molecule has 22 heavy (non-hydrogen) atoms. The lowest BCUT2D eigenvalue weighted by Gasteiger charge is -2.08. The number of nitro groups is 1. The lowest BCUT2D eigenvalue weighted by molar-refractivity contribution is -0.387. The fraction of sp³-hybridized carbons (Fsp3) is 0.385. The average Bonchev–Trinajstić information content (AvgIpc) is 3.17. The molecule has 1 aliphatic rings. The van der Waals surface area contributed by atoms with Crippen LogP contribution in [0, 0.1) is 10.1 Å². The van der Waals surface area contributed by atoms with Crippen LogP contribution in [0.2, 0.25) is 0 Å². The van der Waals surface area contributed by atoms with Crippen molar-refractivity contribution in [2.24, 2.45) is 0 Å². The molecule has 1 fully saturated rings. The quantitative estimate of drug-likeness (QED) is 0.639. The third-order valence-electron chi connectivity index (χ3n) is 3.17. The van der Waals surface area contributed by atoms with Crippen molar-refractivity contribution in [2.75, 3.05) is 18.5 Å². The second-order valence-corrected chi connectivity index (χ2v) is 6.98. The highest BCUT2D eigenvalue weighted by molar-refractivity contribution is 8.01. The number of hydrogen-bond donors (Lipinski definition) is 1. The monoisotopic (exact) mass is 338 g/mol. The summed E-state index contributed by atoms with van der Waals surface area (Å²) in [5.41, 5.74) is 0.0802. The van der Waals surface area contributed by atoms with Gasteiger partial charge in [-0.1, -0.05) is 23.5 Å². The Kier molecular flexibility index (Phi) is 4.86. The fourth-order valence-corrected chi connectivity index (χ4v) is 3.94. The van der Waals surface area contributed by atoms with Crippen LogP contribution in [0.1, 0.15) is 12.8 Å². The van der Waals surface area contributed by atoms with E-state index in [-0.39, 0.29) is 16.7 Å². The zero-order valence-corrected chi connectivity index (χ0v) is 13.2. The Labute approximate surface area is 135 Å². The molecule has 1 unspecified atom stereocenters. The first-order valence-electron chi connectivity index (χ1n) is 6.82. The van der Waals surface area contributed by atoms with Gasteiger partial charge in [-0.2, -0.15) is 0 Å². The molecule has 0 radical (unpaired) electrons. The van der Waals surface area contributed by atoms with E-state index >= 15 is 0 Å². The molecule has 116 valence electrons. The van der Waals surface area contributed by atoms with Crippen molar-refractivity contribution < 1.29 is 9.66 Å². The molecule has 3 rings (SSSR count). The minimum absolute atomic E-state index is 0.0802. The van der Waals surface area contributed by atoms with E-state index in [1.165, 1.54) is 29.2 Å². The largest absolute Gasteiger partial charge is 0.376 e. The molecule has 0 bridgehead atoms. The molecule has 0 amide bonds. The summed E-state index contributed by atoms with van der Waals surface area (Å²) in [5.74, 6) is 0. The smallest absolute Gasteiger partial charge is 0.283 e. The number of hydrogen-bond acceptors (Lipinski definition) is 8. The highest BCUT2D eigenvalue weighted by Gasteiger charge is 2.18. The van der Waals surface area contributed by atoms with E-state index in [1.807, 2.05) is 0 Å². The first-order chi connectivity index (χ1) is 10.7. The summed E-state index contributed by atoms with van der Waals surface area (Å²) in [6, 6.07) is 6.62. The van der Waals surface area contributed by atoms with Crippen LogP contribution >= 0.6 is 23.1 Å². The van der Waals surface area contributed by atoms with Crippen LogP contribution in [0.5, 0.6) is 0 Å².